The zero-order valence-corrected chi connectivity index (χ0v) is 5.79. The van der Waals surface area contributed by atoms with Crippen molar-refractivity contribution in [1.82, 2.24) is 0 Å². The van der Waals surface area contributed by atoms with Gasteiger partial charge in [0.25, 0.3) is 0 Å². The maximum atomic E-state index is 11.2. The second-order valence-electron chi connectivity index (χ2n) is 2.97. The molecule has 0 amide bonds. The second-order valence-corrected chi connectivity index (χ2v) is 2.97. The Morgan fingerprint density at radius 3 is 3.20 bits per heavy atom. The fourth-order valence-electron chi connectivity index (χ4n) is 1.69. The van der Waals surface area contributed by atoms with Crippen molar-refractivity contribution in [3.8, 4) is 0 Å². The van der Waals surface area contributed by atoms with E-state index in [0.717, 1.165) is 19.3 Å². The highest BCUT2D eigenvalue weighted by Crippen LogP contribution is 2.28. The van der Waals surface area contributed by atoms with Crippen LogP contribution in [0.1, 0.15) is 19.3 Å². The second kappa shape index (κ2) is 2.15. The summed E-state index contributed by atoms with van der Waals surface area (Å²) in [6.07, 6.45) is 2.84. The first-order valence-electron chi connectivity index (χ1n) is 3.77. The Balaban J connectivity index is 2.14. The number of carbonyl (C=O) groups excluding carboxylic acids is 1. The molecule has 0 radical (unpaired) electrons. The number of azo groups is 1. The Hall–Kier alpha value is -0.730. The van der Waals surface area contributed by atoms with Crippen LogP contribution in [0.25, 0.3) is 0 Å². The molecule has 0 spiro atoms. The maximum Gasteiger partial charge on any atom is 0.140 e. The lowest BCUT2D eigenvalue weighted by Gasteiger charge is -2.19. The third kappa shape index (κ3) is 0.770. The Kier molecular flexibility index (Phi) is 1.29. The van der Waals surface area contributed by atoms with Crippen LogP contribution in [-0.4, -0.2) is 18.4 Å². The third-order valence-electron chi connectivity index (χ3n) is 2.31. The zero-order chi connectivity index (χ0) is 6.97. The number of ketones is 1. The van der Waals surface area contributed by atoms with Gasteiger partial charge in [0.2, 0.25) is 0 Å². The van der Waals surface area contributed by atoms with Crippen LogP contribution < -0.4 is 0 Å². The van der Waals surface area contributed by atoms with Gasteiger partial charge in [-0.05, 0) is 12.8 Å². The first-order valence-corrected chi connectivity index (χ1v) is 3.77. The number of rotatable bonds is 0. The summed E-state index contributed by atoms with van der Waals surface area (Å²) in [7, 11) is 0. The molecule has 1 aliphatic carbocycles. The van der Waals surface area contributed by atoms with Gasteiger partial charge >= 0.3 is 0 Å². The standard InChI is InChI=1S/C7H10N2O/c10-7-3-1-2-6-5(7)4-8-9-6/h5-6H,1-4H2. The summed E-state index contributed by atoms with van der Waals surface area (Å²) in [5.74, 6) is 0.537. The normalized spacial score (nSPS) is 38.2. The van der Waals surface area contributed by atoms with Crippen LogP contribution in [0.3, 0.4) is 0 Å². The fraction of sp³-hybridized carbons (Fsp3) is 0.857. The van der Waals surface area contributed by atoms with Gasteiger partial charge in [-0.2, -0.15) is 10.2 Å². The van der Waals surface area contributed by atoms with Gasteiger partial charge in [-0.15, -0.1) is 0 Å². The smallest absolute Gasteiger partial charge is 0.140 e. The van der Waals surface area contributed by atoms with Gasteiger partial charge < -0.3 is 0 Å². The summed E-state index contributed by atoms with van der Waals surface area (Å²) in [4.78, 5) is 11.2. The monoisotopic (exact) mass is 138 g/mol. The van der Waals surface area contributed by atoms with Gasteiger partial charge in [0.05, 0.1) is 18.5 Å². The van der Waals surface area contributed by atoms with E-state index in [1.54, 1.807) is 0 Å². The maximum absolute atomic E-state index is 11.2. The molecule has 3 heteroatoms. The number of hydrogen-bond acceptors (Lipinski definition) is 3. The minimum Gasteiger partial charge on any atom is -0.299 e. The molecule has 2 aliphatic rings. The lowest BCUT2D eigenvalue weighted by molar-refractivity contribution is -0.124. The number of nitrogens with zero attached hydrogens (tertiary/aromatic N) is 2. The van der Waals surface area contributed by atoms with E-state index in [-0.39, 0.29) is 12.0 Å². The highest BCUT2D eigenvalue weighted by atomic mass is 16.1. The van der Waals surface area contributed by atoms with E-state index in [1.165, 1.54) is 0 Å². The molecule has 0 bridgehead atoms. The van der Waals surface area contributed by atoms with Crippen molar-refractivity contribution in [3.05, 3.63) is 0 Å². The van der Waals surface area contributed by atoms with Crippen LogP contribution in [0.2, 0.25) is 0 Å². The molecule has 0 N–H and O–H groups in total. The average molecular weight is 138 g/mol. The van der Waals surface area contributed by atoms with Crippen LogP contribution in [-0.2, 0) is 4.79 Å². The van der Waals surface area contributed by atoms with Crippen molar-refractivity contribution in [3.63, 3.8) is 0 Å². The summed E-state index contributed by atoms with van der Waals surface area (Å²) in [5, 5.41) is 7.89. The molecule has 1 fully saturated rings. The zero-order valence-electron chi connectivity index (χ0n) is 5.79. The first kappa shape index (κ1) is 6.01. The fourth-order valence-corrected chi connectivity index (χ4v) is 1.69. The van der Waals surface area contributed by atoms with Crippen LogP contribution in [0, 0.1) is 5.92 Å². The molecule has 1 heterocycles. The van der Waals surface area contributed by atoms with Crippen molar-refractivity contribution in [2.45, 2.75) is 25.3 Å². The third-order valence-corrected chi connectivity index (χ3v) is 2.31. The van der Waals surface area contributed by atoms with Gasteiger partial charge in [-0.1, -0.05) is 0 Å². The molecule has 10 heavy (non-hydrogen) atoms. The van der Waals surface area contributed by atoms with Crippen molar-refractivity contribution >= 4 is 5.78 Å². The quantitative estimate of drug-likeness (QED) is 0.495. The predicted octanol–water partition coefficient (Wildman–Crippen LogP) is 1.19. The first-order chi connectivity index (χ1) is 4.88. The van der Waals surface area contributed by atoms with Crippen LogP contribution in [0.4, 0.5) is 0 Å². The molecule has 0 saturated heterocycles. The summed E-state index contributed by atoms with van der Waals surface area (Å²) in [5.41, 5.74) is 0. The van der Waals surface area contributed by atoms with Crippen LogP contribution >= 0.6 is 0 Å². The number of Topliss-reactive ketones (excluding diaryl/α,β-unsaturated/α-hetero) is 1. The number of carbonyl (C=O) groups is 1. The Bertz CT molecular complexity index is 188. The Morgan fingerprint density at radius 2 is 2.40 bits per heavy atom. The van der Waals surface area contributed by atoms with Gasteiger partial charge in [0.1, 0.15) is 5.78 Å². The number of hydrogen-bond donors (Lipinski definition) is 0. The molecule has 54 valence electrons. The van der Waals surface area contributed by atoms with Crippen molar-refractivity contribution in [1.29, 1.82) is 0 Å². The molecule has 2 rings (SSSR count). The summed E-state index contributed by atoms with van der Waals surface area (Å²) < 4.78 is 0. The van der Waals surface area contributed by atoms with Crippen molar-refractivity contribution in [2.24, 2.45) is 16.1 Å². The Morgan fingerprint density at radius 1 is 1.50 bits per heavy atom. The van der Waals surface area contributed by atoms with E-state index < -0.39 is 0 Å². The highest BCUT2D eigenvalue weighted by Gasteiger charge is 2.34. The van der Waals surface area contributed by atoms with Crippen molar-refractivity contribution < 1.29 is 4.79 Å². The SMILES string of the molecule is O=C1CCCC2N=NCC12. The van der Waals surface area contributed by atoms with Gasteiger partial charge in [0, 0.05) is 6.42 Å². The van der Waals surface area contributed by atoms with Gasteiger partial charge in [-0.25, -0.2) is 0 Å². The molecule has 0 aromatic carbocycles. The largest absolute Gasteiger partial charge is 0.299 e. The molecule has 0 aromatic rings. The predicted molar refractivity (Wildman–Crippen MR) is 35.9 cm³/mol. The molecular formula is C7H10N2O. The minimum atomic E-state index is 0.161. The van der Waals surface area contributed by atoms with Gasteiger partial charge in [-0.3, -0.25) is 4.79 Å². The summed E-state index contributed by atoms with van der Waals surface area (Å²) in [6.45, 7) is 0.656. The topological polar surface area (TPSA) is 41.8 Å². The molecule has 2 unspecified atom stereocenters. The van der Waals surface area contributed by atoms with E-state index in [2.05, 4.69) is 10.2 Å². The summed E-state index contributed by atoms with van der Waals surface area (Å²) in [6, 6.07) is 0.251. The molecular weight excluding hydrogens is 128 g/mol. The van der Waals surface area contributed by atoms with E-state index >= 15 is 0 Å². The van der Waals surface area contributed by atoms with E-state index in [0.29, 0.717) is 12.3 Å². The molecule has 0 aromatic heterocycles. The summed E-state index contributed by atoms with van der Waals surface area (Å²) >= 11 is 0. The van der Waals surface area contributed by atoms with Gasteiger partial charge in [0.15, 0.2) is 0 Å². The molecule has 2 atom stereocenters. The highest BCUT2D eigenvalue weighted by molar-refractivity contribution is 5.83. The number of fused-ring (bicyclic) bond motifs is 1. The molecule has 1 aliphatic heterocycles. The van der Waals surface area contributed by atoms with E-state index in [1.807, 2.05) is 0 Å². The molecule has 3 nitrogen and oxygen atoms in total. The van der Waals surface area contributed by atoms with Crippen molar-refractivity contribution in [2.75, 3.05) is 6.54 Å². The molecule has 1 saturated carbocycles. The van der Waals surface area contributed by atoms with E-state index in [4.69, 9.17) is 0 Å². The van der Waals surface area contributed by atoms with Crippen LogP contribution in [0.5, 0.6) is 0 Å². The average Bonchev–Trinajstić information content (AvgIpc) is 2.36. The minimum absolute atomic E-state index is 0.161. The van der Waals surface area contributed by atoms with Crippen LogP contribution in [0.15, 0.2) is 10.2 Å². The lowest BCUT2D eigenvalue weighted by Crippen LogP contribution is -2.29. The Labute approximate surface area is 59.5 Å². The lowest BCUT2D eigenvalue weighted by atomic mass is 9.85. The van der Waals surface area contributed by atoms with E-state index in [9.17, 15) is 4.79 Å².